The molecule has 0 aromatic carbocycles. The Balaban J connectivity index is 0.000000120. The van der Waals surface area contributed by atoms with Gasteiger partial charge < -0.3 is 48.8 Å². The summed E-state index contributed by atoms with van der Waals surface area (Å²) in [6.07, 6.45) is 29.2. The minimum Gasteiger partial charge on any atom is -0.393 e. The Hall–Kier alpha value is -1.51. The zero-order chi connectivity index (χ0) is 56.7. The summed E-state index contributed by atoms with van der Waals surface area (Å²) in [6.45, 7) is 23.1. The van der Waals surface area contributed by atoms with Crippen LogP contribution in [0.4, 0.5) is 0 Å². The Kier molecular flexibility index (Phi) is 15.5. The number of fused-ring (bicyclic) bond motifs is 15. The number of hydrogen-bond acceptors (Lipinski definition) is 11. The standard InChI is InChI=1S/C24H38O4.C23H36O4.C22H34O3/c1-22-10-9-16(26-4)13-15(22)5-6-17-18-7-8-20(24(3)27-11-12-28-24)23(18,2)14-19(25)21(17)22;1-21-9-8-15(24)12-14(21)4-5-16-17-6-7-19(23(3)26-10-11-27-23)22(17,2)13-18(25)20(16)21;1-13(23)17-7-8-18-16-6-5-14-11-15(25-4)9-10-21(14,2)20(16)19(24)12-22(17,18)3/h5,16-21,25H,6-14H2,1-4H3;4,15-20,24-25H,5-13H2,1-3H3;5,15-20,24H,6-12H2,1-4H3/t16-,17?,18?,19-,20-,21?,22-,23-;15-,16?,17?,18-,19-,20?,21-,22-;15-,16?,17+,18?,19-,20?,21-,22+/m000/s1. The quantitative estimate of drug-likeness (QED) is 0.195. The molecule has 12 aliphatic carbocycles. The third kappa shape index (κ3) is 9.05. The lowest BCUT2D eigenvalue weighted by atomic mass is 9.46. The number of allylic oxidation sites excluding steroid dienone is 3. The number of ether oxygens (including phenoxy) is 6. The van der Waals surface area contributed by atoms with Crippen molar-refractivity contribution in [2.24, 2.45) is 104 Å². The lowest BCUT2D eigenvalue weighted by molar-refractivity contribution is -0.224. The number of methoxy groups -OCH3 is 2. The van der Waals surface area contributed by atoms with E-state index in [1.54, 1.807) is 12.5 Å². The van der Waals surface area contributed by atoms with E-state index in [-0.39, 0.29) is 62.8 Å². The van der Waals surface area contributed by atoms with E-state index in [0.29, 0.717) is 110 Å². The van der Waals surface area contributed by atoms with Crippen LogP contribution in [0, 0.1) is 104 Å². The van der Waals surface area contributed by atoms with Crippen molar-refractivity contribution in [2.75, 3.05) is 40.6 Å². The van der Waals surface area contributed by atoms with Crippen LogP contribution in [0.25, 0.3) is 0 Å². The lowest BCUT2D eigenvalue weighted by Gasteiger charge is -2.60. The average Bonchev–Trinajstić information content (AvgIpc) is 4.44. The van der Waals surface area contributed by atoms with Crippen molar-refractivity contribution in [1.29, 1.82) is 0 Å². The van der Waals surface area contributed by atoms with E-state index >= 15 is 0 Å². The molecule has 2 heterocycles. The number of ketones is 1. The van der Waals surface area contributed by atoms with Crippen LogP contribution in [-0.4, -0.2) is 115 Å². The Morgan fingerprint density at radius 2 is 0.825 bits per heavy atom. The summed E-state index contributed by atoms with van der Waals surface area (Å²) in [6, 6.07) is 0. The van der Waals surface area contributed by atoms with E-state index in [4.69, 9.17) is 28.4 Å². The maximum absolute atomic E-state index is 12.2. The molecule has 4 N–H and O–H groups in total. The molecule has 9 unspecified atom stereocenters. The highest BCUT2D eigenvalue weighted by molar-refractivity contribution is 5.79. The van der Waals surface area contributed by atoms with E-state index in [1.807, 2.05) is 14.2 Å². The van der Waals surface area contributed by atoms with Gasteiger partial charge in [-0.1, -0.05) is 76.5 Å². The van der Waals surface area contributed by atoms with Crippen molar-refractivity contribution in [2.45, 2.75) is 245 Å². The molecule has 0 aromatic rings. The van der Waals surface area contributed by atoms with Crippen molar-refractivity contribution in [3.63, 3.8) is 0 Å². The van der Waals surface area contributed by atoms with Gasteiger partial charge in [0.15, 0.2) is 11.6 Å². The molecule has 11 fully saturated rings. The number of aliphatic hydroxyl groups excluding tert-OH is 4. The molecule has 0 aromatic heterocycles. The van der Waals surface area contributed by atoms with Crippen LogP contribution in [0.1, 0.15) is 197 Å². The highest BCUT2D eigenvalue weighted by Gasteiger charge is 2.68. The number of hydrogen-bond donors (Lipinski definition) is 4. The number of Topliss-reactive ketones (excluding diaryl/α,β-unsaturated/α-hetero) is 1. The second-order valence-corrected chi connectivity index (χ2v) is 31.4. The Bertz CT molecular complexity index is 2400. The van der Waals surface area contributed by atoms with Gasteiger partial charge in [0.05, 0.1) is 63.1 Å². The normalized spacial score (nSPS) is 52.9. The van der Waals surface area contributed by atoms with Gasteiger partial charge in [0.2, 0.25) is 0 Å². The van der Waals surface area contributed by atoms with Crippen LogP contribution in [-0.2, 0) is 33.2 Å². The molecule has 2 saturated heterocycles. The molecule has 11 nitrogen and oxygen atoms in total. The van der Waals surface area contributed by atoms with Gasteiger partial charge in [-0.2, -0.15) is 0 Å². The van der Waals surface area contributed by atoms with Gasteiger partial charge in [0, 0.05) is 32.0 Å². The molecule has 11 heteroatoms. The van der Waals surface area contributed by atoms with Gasteiger partial charge in [-0.15, -0.1) is 0 Å². The first-order chi connectivity index (χ1) is 37.9. The summed E-state index contributed by atoms with van der Waals surface area (Å²) < 4.78 is 35.7. The van der Waals surface area contributed by atoms with E-state index < -0.39 is 11.6 Å². The minimum absolute atomic E-state index is 0.00213. The zero-order valence-electron chi connectivity index (χ0n) is 51.4. The Labute approximate surface area is 481 Å². The predicted molar refractivity (Wildman–Crippen MR) is 309 cm³/mol. The third-order valence-corrected chi connectivity index (χ3v) is 28.1. The highest BCUT2D eigenvalue weighted by atomic mass is 16.7. The fraction of sp³-hybridized carbons (Fsp3) is 0.899. The van der Waals surface area contributed by atoms with E-state index in [9.17, 15) is 25.2 Å². The molecule has 0 bridgehead atoms. The predicted octanol–water partition coefficient (Wildman–Crippen LogP) is 12.1. The van der Waals surface area contributed by atoms with Crippen LogP contribution in [0.5, 0.6) is 0 Å². The van der Waals surface area contributed by atoms with Crippen LogP contribution in [0.15, 0.2) is 34.9 Å². The van der Waals surface area contributed by atoms with Gasteiger partial charge in [0.25, 0.3) is 0 Å². The molecule has 14 aliphatic rings. The zero-order valence-corrected chi connectivity index (χ0v) is 51.4. The van der Waals surface area contributed by atoms with Crippen molar-refractivity contribution in [3.05, 3.63) is 34.9 Å². The second kappa shape index (κ2) is 21.1. The van der Waals surface area contributed by atoms with Crippen molar-refractivity contribution in [3.8, 4) is 0 Å². The SMILES string of the molecule is CC1([C@H]2CCC3C4CC=C5C[C@@H](O)CC[C@]5(C)C4[C@@H](O)C[C@@]32C)OCCO1.CO[C@H]1CC[C@@]2(C)C(=CCC3C2[C@@H](O)C[C@@]2(C)C3CC[C@@H]2C(C)=O)C1.CO[C@H]1CC[C@@]2(C)C(=CCC3C2[C@@H](O)C[C@@]2(C)C3CC[C@@H]2C2(C)OCCO2)C1. The molecular weight excluding hydrogens is 1000 g/mol. The molecule has 0 radical (unpaired) electrons. The molecule has 450 valence electrons. The molecular formula is C69H108O11. The Morgan fingerprint density at radius 1 is 0.475 bits per heavy atom. The summed E-state index contributed by atoms with van der Waals surface area (Å²) in [5.41, 5.74) is 4.99. The molecule has 0 amide bonds. The maximum atomic E-state index is 12.2. The van der Waals surface area contributed by atoms with Crippen LogP contribution < -0.4 is 0 Å². The van der Waals surface area contributed by atoms with Crippen molar-refractivity contribution in [1.82, 2.24) is 0 Å². The molecule has 0 spiro atoms. The first-order valence-corrected chi connectivity index (χ1v) is 32.8. The van der Waals surface area contributed by atoms with E-state index in [1.165, 1.54) is 24.0 Å². The van der Waals surface area contributed by atoms with Gasteiger partial charge in [-0.3, -0.25) is 4.79 Å². The monoisotopic (exact) mass is 1110 g/mol. The van der Waals surface area contributed by atoms with Crippen LogP contribution in [0.3, 0.4) is 0 Å². The van der Waals surface area contributed by atoms with Gasteiger partial charge in [0.1, 0.15) is 5.78 Å². The van der Waals surface area contributed by atoms with Gasteiger partial charge in [-0.25, -0.2) is 0 Å². The summed E-state index contributed by atoms with van der Waals surface area (Å²) in [5.74, 6) is 4.87. The van der Waals surface area contributed by atoms with E-state index in [2.05, 4.69) is 73.6 Å². The topological polar surface area (TPSA) is 153 Å². The molecule has 2 aliphatic heterocycles. The van der Waals surface area contributed by atoms with Gasteiger partial charge >= 0.3 is 0 Å². The van der Waals surface area contributed by atoms with Crippen molar-refractivity contribution >= 4 is 5.78 Å². The summed E-state index contributed by atoms with van der Waals surface area (Å²) in [4.78, 5) is 12.2. The second-order valence-electron chi connectivity index (χ2n) is 31.4. The number of rotatable bonds is 5. The fourth-order valence-electron chi connectivity index (χ4n) is 24.5. The summed E-state index contributed by atoms with van der Waals surface area (Å²) in [7, 11) is 3.66. The molecule has 9 saturated carbocycles. The van der Waals surface area contributed by atoms with E-state index in [0.717, 1.165) is 122 Å². The van der Waals surface area contributed by atoms with Crippen molar-refractivity contribution < 1.29 is 53.6 Å². The fourth-order valence-corrected chi connectivity index (χ4v) is 24.5. The average molecular weight is 1110 g/mol. The molecule has 14 rings (SSSR count). The van der Waals surface area contributed by atoms with Gasteiger partial charge in [-0.05, 0) is 241 Å². The summed E-state index contributed by atoms with van der Waals surface area (Å²) >= 11 is 0. The highest BCUT2D eigenvalue weighted by Crippen LogP contribution is 2.71. The summed E-state index contributed by atoms with van der Waals surface area (Å²) in [5, 5.41) is 44.5. The third-order valence-electron chi connectivity index (χ3n) is 28.1. The van der Waals surface area contributed by atoms with Crippen LogP contribution >= 0.6 is 0 Å². The smallest absolute Gasteiger partial charge is 0.169 e. The Morgan fingerprint density at radius 3 is 1.21 bits per heavy atom. The number of carbonyl (C=O) groups excluding carboxylic acids is 1. The lowest BCUT2D eigenvalue weighted by Crippen LogP contribution is -2.58. The first-order valence-electron chi connectivity index (χ1n) is 32.8. The molecule has 80 heavy (non-hydrogen) atoms. The van der Waals surface area contributed by atoms with Crippen LogP contribution in [0.2, 0.25) is 0 Å². The molecule has 24 atom stereocenters. The number of aliphatic hydroxyl groups is 4. The maximum Gasteiger partial charge on any atom is 0.169 e. The first kappa shape index (κ1) is 58.9. The largest absolute Gasteiger partial charge is 0.393 e. The number of carbonyl (C=O) groups is 1. The minimum atomic E-state index is -0.482.